The normalized spacial score (nSPS) is 11.2. The highest BCUT2D eigenvalue weighted by Crippen LogP contribution is 2.32. The second-order valence-electron chi connectivity index (χ2n) is 7.21. The second-order valence-corrected chi connectivity index (χ2v) is 9.54. The Labute approximate surface area is 218 Å². The maximum atomic E-state index is 10.9. The summed E-state index contributed by atoms with van der Waals surface area (Å²) in [5, 5.41) is 22.9. The van der Waals surface area contributed by atoms with E-state index in [1.807, 2.05) is 30.3 Å². The van der Waals surface area contributed by atoms with Gasteiger partial charge in [0.15, 0.2) is 0 Å². The third-order valence-electron chi connectivity index (χ3n) is 5.09. The lowest BCUT2D eigenvalue weighted by molar-refractivity contribution is -0.384. The molecule has 0 spiro atoms. The topological polar surface area (TPSA) is 76.2 Å². The standard InChI is InChI=1S/C26H16I2N2O3/c27-24-13-17(12-21(15-29)18-8-10-22(11-9-18)30(31)32)14-25(28)26(24)33-16-20-6-3-5-19-4-1-2-7-23(19)20/h1-14H,16H2/b21-12-. The number of non-ortho nitro benzene ring substituents is 1. The number of nitro benzene ring substituents is 1. The molecule has 5 nitrogen and oxygen atoms in total. The molecule has 0 atom stereocenters. The number of fused-ring (bicyclic) bond motifs is 1. The van der Waals surface area contributed by atoms with Crippen molar-refractivity contribution in [2.24, 2.45) is 0 Å². The van der Waals surface area contributed by atoms with Crippen LogP contribution in [0.25, 0.3) is 22.4 Å². The number of nitrogens with zero attached hydrogens (tertiary/aromatic N) is 2. The number of rotatable bonds is 6. The number of ether oxygens (including phenoxy) is 1. The predicted molar refractivity (Wildman–Crippen MR) is 147 cm³/mol. The minimum atomic E-state index is -0.457. The quantitative estimate of drug-likeness (QED) is 0.0704. The Morgan fingerprint density at radius 3 is 2.33 bits per heavy atom. The van der Waals surface area contributed by atoms with Crippen molar-refractivity contribution in [3.63, 3.8) is 0 Å². The van der Waals surface area contributed by atoms with E-state index < -0.39 is 4.92 Å². The van der Waals surface area contributed by atoms with Crippen molar-refractivity contribution in [2.45, 2.75) is 6.61 Å². The van der Waals surface area contributed by atoms with E-state index in [-0.39, 0.29) is 5.69 Å². The molecule has 7 heteroatoms. The van der Waals surface area contributed by atoms with E-state index >= 15 is 0 Å². The van der Waals surface area contributed by atoms with Crippen LogP contribution in [0.1, 0.15) is 16.7 Å². The van der Waals surface area contributed by atoms with Gasteiger partial charge in [-0.2, -0.15) is 5.26 Å². The lowest BCUT2D eigenvalue weighted by Crippen LogP contribution is -2.00. The van der Waals surface area contributed by atoms with Gasteiger partial charge in [-0.3, -0.25) is 10.1 Å². The first-order valence-electron chi connectivity index (χ1n) is 9.91. The Morgan fingerprint density at radius 2 is 1.67 bits per heavy atom. The first-order chi connectivity index (χ1) is 16.0. The first-order valence-corrected chi connectivity index (χ1v) is 12.1. The monoisotopic (exact) mass is 658 g/mol. The van der Waals surface area contributed by atoms with Gasteiger partial charge in [0.1, 0.15) is 12.4 Å². The molecule has 0 aromatic heterocycles. The Bertz CT molecular complexity index is 1400. The fourth-order valence-corrected chi connectivity index (χ4v) is 5.61. The fraction of sp³-hybridized carbons (Fsp3) is 0.0385. The summed E-state index contributed by atoms with van der Waals surface area (Å²) >= 11 is 4.48. The molecule has 4 rings (SSSR count). The highest BCUT2D eigenvalue weighted by atomic mass is 127. The van der Waals surface area contributed by atoms with Gasteiger partial charge in [0.2, 0.25) is 0 Å². The van der Waals surface area contributed by atoms with Gasteiger partial charge in [0.05, 0.1) is 23.7 Å². The molecular weight excluding hydrogens is 642 g/mol. The zero-order valence-corrected chi connectivity index (χ0v) is 21.5. The maximum Gasteiger partial charge on any atom is 0.269 e. The molecule has 0 heterocycles. The van der Waals surface area contributed by atoms with Crippen molar-refractivity contribution in [1.82, 2.24) is 0 Å². The van der Waals surface area contributed by atoms with Crippen LogP contribution in [0.15, 0.2) is 78.9 Å². The van der Waals surface area contributed by atoms with Crippen LogP contribution in [0.4, 0.5) is 5.69 Å². The van der Waals surface area contributed by atoms with Crippen molar-refractivity contribution in [3.8, 4) is 11.8 Å². The number of nitriles is 1. The van der Waals surface area contributed by atoms with Gasteiger partial charge in [-0.15, -0.1) is 0 Å². The zero-order chi connectivity index (χ0) is 23.4. The molecule has 0 bridgehead atoms. The van der Waals surface area contributed by atoms with Crippen LogP contribution < -0.4 is 4.74 Å². The number of nitro groups is 1. The third kappa shape index (κ3) is 5.34. The van der Waals surface area contributed by atoms with Crippen LogP contribution >= 0.6 is 45.2 Å². The van der Waals surface area contributed by atoms with Crippen molar-refractivity contribution in [3.05, 3.63) is 113 Å². The van der Waals surface area contributed by atoms with Gasteiger partial charge in [-0.05, 0) is 103 Å². The molecule has 0 saturated carbocycles. The van der Waals surface area contributed by atoms with Crippen molar-refractivity contribution in [1.29, 1.82) is 5.26 Å². The van der Waals surface area contributed by atoms with E-state index in [2.05, 4.69) is 75.5 Å². The lowest BCUT2D eigenvalue weighted by Gasteiger charge is -2.13. The smallest absolute Gasteiger partial charge is 0.269 e. The summed E-state index contributed by atoms with van der Waals surface area (Å²) in [7, 11) is 0. The molecule has 0 aliphatic carbocycles. The third-order valence-corrected chi connectivity index (χ3v) is 6.70. The first kappa shape index (κ1) is 23.2. The summed E-state index contributed by atoms with van der Waals surface area (Å²) in [5.41, 5.74) is 3.03. The Hall–Kier alpha value is -2.97. The number of hydrogen-bond acceptors (Lipinski definition) is 4. The van der Waals surface area contributed by atoms with Crippen LogP contribution in [0, 0.1) is 28.6 Å². The van der Waals surface area contributed by atoms with Crippen LogP contribution in [0.3, 0.4) is 0 Å². The van der Waals surface area contributed by atoms with Gasteiger partial charge >= 0.3 is 0 Å². The molecule has 0 unspecified atom stereocenters. The molecule has 33 heavy (non-hydrogen) atoms. The van der Waals surface area contributed by atoms with Gasteiger partial charge in [0.25, 0.3) is 5.69 Å². The minimum Gasteiger partial charge on any atom is -0.487 e. The van der Waals surface area contributed by atoms with Crippen molar-refractivity contribution in [2.75, 3.05) is 0 Å². The Kier molecular flexibility index (Phi) is 7.25. The molecule has 0 saturated heterocycles. The van der Waals surface area contributed by atoms with Crippen LogP contribution in [-0.4, -0.2) is 4.92 Å². The summed E-state index contributed by atoms with van der Waals surface area (Å²) in [5.74, 6) is 0.801. The summed E-state index contributed by atoms with van der Waals surface area (Å²) in [6.07, 6.45) is 1.78. The van der Waals surface area contributed by atoms with Crippen molar-refractivity contribution >= 4 is 73.3 Å². The van der Waals surface area contributed by atoms with E-state index in [0.29, 0.717) is 17.7 Å². The summed E-state index contributed by atoms with van der Waals surface area (Å²) < 4.78 is 8.08. The molecular formula is C26H16I2N2O3. The van der Waals surface area contributed by atoms with Gasteiger partial charge in [-0.25, -0.2) is 0 Å². The average molecular weight is 658 g/mol. The van der Waals surface area contributed by atoms with Gasteiger partial charge in [0, 0.05) is 12.1 Å². The number of halogens is 2. The molecule has 0 aliphatic rings. The largest absolute Gasteiger partial charge is 0.487 e. The van der Waals surface area contributed by atoms with E-state index in [0.717, 1.165) is 24.0 Å². The molecule has 162 valence electrons. The Balaban J connectivity index is 1.58. The molecule has 0 radical (unpaired) electrons. The second kappa shape index (κ2) is 10.3. The van der Waals surface area contributed by atoms with Crippen LogP contribution in [0.5, 0.6) is 5.75 Å². The number of allylic oxidation sites excluding steroid dienone is 1. The number of benzene rings is 4. The molecule has 4 aromatic rings. The molecule has 0 aliphatic heterocycles. The lowest BCUT2D eigenvalue weighted by atomic mass is 10.0. The summed E-state index contributed by atoms with van der Waals surface area (Å²) in [6.45, 7) is 0.453. The van der Waals surface area contributed by atoms with E-state index in [1.54, 1.807) is 18.2 Å². The maximum absolute atomic E-state index is 10.9. The minimum absolute atomic E-state index is 0.00664. The van der Waals surface area contributed by atoms with E-state index in [4.69, 9.17) is 4.74 Å². The molecule has 4 aromatic carbocycles. The predicted octanol–water partition coefficient (Wildman–Crippen LogP) is 7.60. The molecule has 0 N–H and O–H groups in total. The highest BCUT2D eigenvalue weighted by molar-refractivity contribution is 14.1. The van der Waals surface area contributed by atoms with Gasteiger partial charge < -0.3 is 4.74 Å². The fourth-order valence-electron chi connectivity index (χ4n) is 3.48. The van der Waals surface area contributed by atoms with E-state index in [9.17, 15) is 15.4 Å². The van der Waals surface area contributed by atoms with Crippen LogP contribution in [0.2, 0.25) is 0 Å². The highest BCUT2D eigenvalue weighted by Gasteiger charge is 2.12. The summed E-state index contributed by atoms with van der Waals surface area (Å²) in [6, 6.07) is 26.5. The SMILES string of the molecule is N#C/C(=C/c1cc(I)c(OCc2cccc3ccccc23)c(I)c1)c1ccc([N+](=O)[O-])cc1. The van der Waals surface area contributed by atoms with Gasteiger partial charge in [-0.1, -0.05) is 42.5 Å². The number of hydrogen-bond donors (Lipinski definition) is 0. The van der Waals surface area contributed by atoms with Crippen LogP contribution in [-0.2, 0) is 6.61 Å². The zero-order valence-electron chi connectivity index (χ0n) is 17.2. The van der Waals surface area contributed by atoms with E-state index in [1.165, 1.54) is 22.9 Å². The average Bonchev–Trinajstić information content (AvgIpc) is 2.82. The molecule has 0 amide bonds. The molecule has 0 fully saturated rings. The summed E-state index contributed by atoms with van der Waals surface area (Å²) in [4.78, 5) is 10.4. The van der Waals surface area contributed by atoms with Crippen molar-refractivity contribution < 1.29 is 9.66 Å². The Morgan fingerprint density at radius 1 is 1.00 bits per heavy atom.